The molecule has 0 aromatic heterocycles. The van der Waals surface area contributed by atoms with Gasteiger partial charge in [0.1, 0.15) is 11.5 Å². The van der Waals surface area contributed by atoms with Crippen LogP contribution in [0.1, 0.15) is 11.1 Å². The molecule has 2 aromatic carbocycles. The minimum atomic E-state index is 0.650. The molecule has 2 aromatic rings. The van der Waals surface area contributed by atoms with Crippen molar-refractivity contribution in [1.82, 2.24) is 0 Å². The number of ether oxygens (including phenoxy) is 2. The third-order valence-corrected chi connectivity index (χ3v) is 3.35. The SMILES string of the molecule is COc1cc(CNc2cc(C)ccc2Cl)cc(OC)c1. The third-order valence-electron chi connectivity index (χ3n) is 3.02. The van der Waals surface area contributed by atoms with Gasteiger partial charge in [-0.3, -0.25) is 0 Å². The smallest absolute Gasteiger partial charge is 0.122 e. The van der Waals surface area contributed by atoms with E-state index in [0.29, 0.717) is 11.6 Å². The quantitative estimate of drug-likeness (QED) is 0.892. The summed E-state index contributed by atoms with van der Waals surface area (Å²) in [6, 6.07) is 11.7. The molecule has 0 unspecified atom stereocenters. The molecule has 0 aliphatic heterocycles. The van der Waals surface area contributed by atoms with Gasteiger partial charge in [-0.2, -0.15) is 0 Å². The van der Waals surface area contributed by atoms with E-state index >= 15 is 0 Å². The van der Waals surface area contributed by atoms with Crippen molar-refractivity contribution < 1.29 is 9.47 Å². The van der Waals surface area contributed by atoms with Crippen LogP contribution in [-0.2, 0) is 6.54 Å². The molecule has 106 valence electrons. The van der Waals surface area contributed by atoms with E-state index < -0.39 is 0 Å². The number of nitrogens with one attached hydrogen (secondary N) is 1. The summed E-state index contributed by atoms with van der Waals surface area (Å²) in [6.07, 6.45) is 0. The Morgan fingerprint density at radius 3 is 2.25 bits per heavy atom. The lowest BCUT2D eigenvalue weighted by Gasteiger charge is -2.12. The lowest BCUT2D eigenvalue weighted by molar-refractivity contribution is 0.393. The zero-order chi connectivity index (χ0) is 14.5. The van der Waals surface area contributed by atoms with E-state index in [4.69, 9.17) is 21.1 Å². The maximum Gasteiger partial charge on any atom is 0.122 e. The van der Waals surface area contributed by atoms with Gasteiger partial charge in [-0.15, -0.1) is 0 Å². The summed E-state index contributed by atoms with van der Waals surface area (Å²) in [6.45, 7) is 2.69. The number of hydrogen-bond donors (Lipinski definition) is 1. The number of aryl methyl sites for hydroxylation is 1. The van der Waals surface area contributed by atoms with Crippen molar-refractivity contribution in [2.75, 3.05) is 19.5 Å². The second-order valence-corrected chi connectivity index (χ2v) is 4.96. The molecule has 2 rings (SSSR count). The first-order valence-electron chi connectivity index (χ1n) is 6.34. The monoisotopic (exact) mass is 291 g/mol. The summed E-state index contributed by atoms with van der Waals surface area (Å²) in [4.78, 5) is 0. The molecule has 0 saturated heterocycles. The van der Waals surface area contributed by atoms with E-state index in [1.54, 1.807) is 14.2 Å². The van der Waals surface area contributed by atoms with Crippen molar-refractivity contribution in [3.8, 4) is 11.5 Å². The van der Waals surface area contributed by atoms with Crippen LogP contribution in [0.3, 0.4) is 0 Å². The summed E-state index contributed by atoms with van der Waals surface area (Å²) >= 11 is 6.17. The van der Waals surface area contributed by atoms with Gasteiger partial charge in [0, 0.05) is 12.6 Å². The van der Waals surface area contributed by atoms with Crippen LogP contribution in [0, 0.1) is 6.92 Å². The van der Waals surface area contributed by atoms with Gasteiger partial charge in [-0.25, -0.2) is 0 Å². The van der Waals surface area contributed by atoms with Crippen molar-refractivity contribution in [3.63, 3.8) is 0 Å². The Kier molecular flexibility index (Phi) is 4.74. The molecule has 3 nitrogen and oxygen atoms in total. The standard InChI is InChI=1S/C16H18ClNO2/c1-11-4-5-15(17)16(6-11)18-10-12-7-13(19-2)9-14(8-12)20-3/h4-9,18H,10H2,1-3H3. The van der Waals surface area contributed by atoms with E-state index in [9.17, 15) is 0 Å². The van der Waals surface area contributed by atoms with Gasteiger partial charge in [-0.1, -0.05) is 17.7 Å². The van der Waals surface area contributed by atoms with Crippen LogP contribution in [0.2, 0.25) is 5.02 Å². The van der Waals surface area contributed by atoms with Crippen LogP contribution in [0.4, 0.5) is 5.69 Å². The second kappa shape index (κ2) is 6.53. The number of methoxy groups -OCH3 is 2. The Morgan fingerprint density at radius 1 is 1.00 bits per heavy atom. The van der Waals surface area contributed by atoms with E-state index in [1.165, 1.54) is 5.56 Å². The average molecular weight is 292 g/mol. The second-order valence-electron chi connectivity index (χ2n) is 4.56. The van der Waals surface area contributed by atoms with Crippen LogP contribution in [0.15, 0.2) is 36.4 Å². The van der Waals surface area contributed by atoms with Crippen molar-refractivity contribution in [3.05, 3.63) is 52.5 Å². The molecule has 0 fully saturated rings. The predicted octanol–water partition coefficient (Wildman–Crippen LogP) is 4.28. The lowest BCUT2D eigenvalue weighted by atomic mass is 10.1. The Balaban J connectivity index is 2.16. The Labute approximate surface area is 124 Å². The summed E-state index contributed by atoms with van der Waals surface area (Å²) < 4.78 is 10.5. The van der Waals surface area contributed by atoms with Crippen molar-refractivity contribution in [2.24, 2.45) is 0 Å². The molecular weight excluding hydrogens is 274 g/mol. The van der Waals surface area contributed by atoms with Gasteiger partial charge in [0.05, 0.1) is 24.9 Å². The van der Waals surface area contributed by atoms with Crippen LogP contribution in [0.25, 0.3) is 0 Å². The molecular formula is C16H18ClNO2. The van der Waals surface area contributed by atoms with Crippen LogP contribution in [0.5, 0.6) is 11.5 Å². The van der Waals surface area contributed by atoms with Crippen molar-refractivity contribution in [2.45, 2.75) is 13.5 Å². The fourth-order valence-electron chi connectivity index (χ4n) is 1.94. The van der Waals surface area contributed by atoms with E-state index in [-0.39, 0.29) is 0 Å². The van der Waals surface area contributed by atoms with E-state index in [1.807, 2.05) is 43.3 Å². The number of halogens is 1. The largest absolute Gasteiger partial charge is 0.497 e. The Bertz CT molecular complexity index is 577. The predicted molar refractivity (Wildman–Crippen MR) is 83.1 cm³/mol. The number of rotatable bonds is 5. The molecule has 0 atom stereocenters. The van der Waals surface area contributed by atoms with Crippen LogP contribution in [-0.4, -0.2) is 14.2 Å². The summed E-state index contributed by atoms with van der Waals surface area (Å²) in [5.41, 5.74) is 3.16. The molecule has 0 radical (unpaired) electrons. The number of hydrogen-bond acceptors (Lipinski definition) is 3. The minimum Gasteiger partial charge on any atom is -0.497 e. The first-order valence-corrected chi connectivity index (χ1v) is 6.72. The first-order chi connectivity index (χ1) is 9.62. The highest BCUT2D eigenvalue weighted by atomic mass is 35.5. The maximum atomic E-state index is 6.17. The Hall–Kier alpha value is -1.87. The molecule has 0 saturated carbocycles. The molecule has 4 heteroatoms. The molecule has 0 heterocycles. The highest BCUT2D eigenvalue weighted by Crippen LogP contribution is 2.26. The van der Waals surface area contributed by atoms with Gasteiger partial charge >= 0.3 is 0 Å². The van der Waals surface area contributed by atoms with E-state index in [2.05, 4.69) is 5.32 Å². The number of anilines is 1. The zero-order valence-electron chi connectivity index (χ0n) is 11.9. The molecule has 0 aliphatic carbocycles. The zero-order valence-corrected chi connectivity index (χ0v) is 12.6. The molecule has 0 spiro atoms. The molecule has 0 bridgehead atoms. The Morgan fingerprint density at radius 2 is 1.65 bits per heavy atom. The van der Waals surface area contributed by atoms with Gasteiger partial charge in [-0.05, 0) is 42.3 Å². The molecule has 0 amide bonds. The van der Waals surface area contributed by atoms with Gasteiger partial charge in [0.2, 0.25) is 0 Å². The molecule has 20 heavy (non-hydrogen) atoms. The van der Waals surface area contributed by atoms with Crippen LogP contribution < -0.4 is 14.8 Å². The van der Waals surface area contributed by atoms with Gasteiger partial charge in [0.25, 0.3) is 0 Å². The first kappa shape index (κ1) is 14.5. The van der Waals surface area contributed by atoms with Gasteiger partial charge in [0.15, 0.2) is 0 Å². The fourth-order valence-corrected chi connectivity index (χ4v) is 2.12. The highest BCUT2D eigenvalue weighted by Gasteiger charge is 2.04. The normalized spacial score (nSPS) is 10.2. The topological polar surface area (TPSA) is 30.5 Å². The third kappa shape index (κ3) is 3.58. The molecule has 0 aliphatic rings. The fraction of sp³-hybridized carbons (Fsp3) is 0.250. The maximum absolute atomic E-state index is 6.17. The van der Waals surface area contributed by atoms with Crippen molar-refractivity contribution in [1.29, 1.82) is 0 Å². The highest BCUT2D eigenvalue weighted by molar-refractivity contribution is 6.33. The average Bonchev–Trinajstić information content (AvgIpc) is 2.47. The molecule has 1 N–H and O–H groups in total. The lowest BCUT2D eigenvalue weighted by Crippen LogP contribution is -2.01. The van der Waals surface area contributed by atoms with Crippen LogP contribution >= 0.6 is 11.6 Å². The number of benzene rings is 2. The van der Waals surface area contributed by atoms with E-state index in [0.717, 1.165) is 22.7 Å². The summed E-state index contributed by atoms with van der Waals surface area (Å²) in [5.74, 6) is 1.55. The summed E-state index contributed by atoms with van der Waals surface area (Å²) in [5, 5.41) is 4.04. The summed E-state index contributed by atoms with van der Waals surface area (Å²) in [7, 11) is 3.28. The van der Waals surface area contributed by atoms with Gasteiger partial charge < -0.3 is 14.8 Å². The minimum absolute atomic E-state index is 0.650. The van der Waals surface area contributed by atoms with Crippen molar-refractivity contribution >= 4 is 17.3 Å².